The third-order valence-electron chi connectivity index (χ3n) is 2.57. The summed E-state index contributed by atoms with van der Waals surface area (Å²) in [6.07, 6.45) is 3.41. The maximum Gasteiger partial charge on any atom is -0.00427 e. The van der Waals surface area contributed by atoms with Gasteiger partial charge in [-0.15, -0.1) is 0 Å². The zero-order valence-electron chi connectivity index (χ0n) is 6.75. The Hall–Kier alpha value is -1.30. The van der Waals surface area contributed by atoms with E-state index < -0.39 is 0 Å². The summed E-state index contributed by atoms with van der Waals surface area (Å²) in [7, 11) is 0. The first kappa shape index (κ1) is 6.24. The van der Waals surface area contributed by atoms with Crippen LogP contribution in [0, 0.1) is 6.42 Å². The van der Waals surface area contributed by atoms with Crippen LogP contribution < -0.4 is 0 Å². The normalized spacial score (nSPS) is 14.0. The minimum Gasteiger partial charge on any atom is -0.0614 e. The smallest absolute Gasteiger partial charge is 0.00427 e. The van der Waals surface area contributed by atoms with Crippen LogP contribution in [0.2, 0.25) is 0 Å². The van der Waals surface area contributed by atoms with Gasteiger partial charge in [-0.1, -0.05) is 36.4 Å². The van der Waals surface area contributed by atoms with Gasteiger partial charge >= 0.3 is 0 Å². The SMILES string of the molecule is [CH]1Cc2cccc3cccc1c23. The fraction of sp³-hybridized carbons (Fsp3) is 0.0833. The molecular weight excluding hydrogens is 144 g/mol. The Morgan fingerprint density at radius 2 is 1.75 bits per heavy atom. The molecule has 0 heteroatoms. The lowest BCUT2D eigenvalue weighted by molar-refractivity contribution is 1.25. The zero-order valence-corrected chi connectivity index (χ0v) is 6.75. The molecule has 0 spiro atoms. The van der Waals surface area contributed by atoms with Crippen LogP contribution in [0.4, 0.5) is 0 Å². The van der Waals surface area contributed by atoms with Gasteiger partial charge in [0.15, 0.2) is 0 Å². The van der Waals surface area contributed by atoms with Crippen LogP contribution in [0.25, 0.3) is 10.8 Å². The fourth-order valence-corrected chi connectivity index (χ4v) is 2.01. The molecule has 0 unspecified atom stereocenters. The molecule has 57 valence electrons. The highest BCUT2D eigenvalue weighted by molar-refractivity contribution is 5.92. The first-order valence-corrected chi connectivity index (χ1v) is 4.29. The van der Waals surface area contributed by atoms with Crippen LogP contribution in [-0.4, -0.2) is 0 Å². The molecular formula is C12H9. The molecule has 2 aromatic carbocycles. The molecule has 0 nitrogen and oxygen atoms in total. The minimum absolute atomic E-state index is 1.11. The van der Waals surface area contributed by atoms with E-state index in [1.54, 1.807) is 0 Å². The van der Waals surface area contributed by atoms with Gasteiger partial charge in [0.2, 0.25) is 0 Å². The van der Waals surface area contributed by atoms with Gasteiger partial charge in [0.05, 0.1) is 0 Å². The molecule has 0 bridgehead atoms. The molecule has 0 aromatic heterocycles. The number of benzene rings is 2. The van der Waals surface area contributed by atoms with Crippen LogP contribution in [0.15, 0.2) is 36.4 Å². The summed E-state index contributed by atoms with van der Waals surface area (Å²) in [5, 5.41) is 2.83. The maximum atomic E-state index is 2.30. The van der Waals surface area contributed by atoms with E-state index in [2.05, 4.69) is 42.8 Å². The number of hydrogen-bond acceptors (Lipinski definition) is 0. The van der Waals surface area contributed by atoms with Crippen molar-refractivity contribution in [2.24, 2.45) is 0 Å². The molecule has 0 aliphatic heterocycles. The predicted molar refractivity (Wildman–Crippen MR) is 51.1 cm³/mol. The first-order valence-electron chi connectivity index (χ1n) is 4.29. The largest absolute Gasteiger partial charge is 0.0614 e. The zero-order chi connectivity index (χ0) is 7.97. The molecule has 1 aliphatic carbocycles. The van der Waals surface area contributed by atoms with E-state index in [9.17, 15) is 0 Å². The van der Waals surface area contributed by atoms with Gasteiger partial charge in [-0.2, -0.15) is 0 Å². The number of hydrogen-bond donors (Lipinski definition) is 0. The highest BCUT2D eigenvalue weighted by Gasteiger charge is 2.12. The Morgan fingerprint density at radius 3 is 2.67 bits per heavy atom. The van der Waals surface area contributed by atoms with E-state index in [1.165, 1.54) is 21.9 Å². The molecule has 0 fully saturated rings. The molecule has 0 N–H and O–H groups in total. The second kappa shape index (κ2) is 2.10. The molecule has 2 aromatic rings. The lowest BCUT2D eigenvalue weighted by atomic mass is 10.1. The van der Waals surface area contributed by atoms with Crippen LogP contribution in [-0.2, 0) is 6.42 Å². The third kappa shape index (κ3) is 0.672. The Morgan fingerprint density at radius 1 is 0.917 bits per heavy atom. The van der Waals surface area contributed by atoms with Crippen molar-refractivity contribution in [3.05, 3.63) is 53.9 Å². The third-order valence-corrected chi connectivity index (χ3v) is 2.57. The van der Waals surface area contributed by atoms with Gasteiger partial charge in [-0.3, -0.25) is 0 Å². The van der Waals surface area contributed by atoms with Crippen LogP contribution in [0.1, 0.15) is 11.1 Å². The highest BCUT2D eigenvalue weighted by atomic mass is 14.2. The summed E-state index contributed by atoms with van der Waals surface area (Å²) in [4.78, 5) is 0. The van der Waals surface area contributed by atoms with Crippen LogP contribution in [0.5, 0.6) is 0 Å². The van der Waals surface area contributed by atoms with Crippen molar-refractivity contribution in [3.8, 4) is 0 Å². The summed E-state index contributed by atoms with van der Waals surface area (Å²) in [5.41, 5.74) is 2.88. The minimum atomic E-state index is 1.11. The second-order valence-corrected chi connectivity index (χ2v) is 3.27. The van der Waals surface area contributed by atoms with Crippen molar-refractivity contribution in [1.29, 1.82) is 0 Å². The van der Waals surface area contributed by atoms with Crippen molar-refractivity contribution >= 4 is 10.8 Å². The quantitative estimate of drug-likeness (QED) is 0.546. The van der Waals surface area contributed by atoms with Gasteiger partial charge in [-0.25, -0.2) is 0 Å². The Kier molecular flexibility index (Phi) is 1.09. The molecule has 0 atom stereocenters. The van der Waals surface area contributed by atoms with Crippen LogP contribution >= 0.6 is 0 Å². The van der Waals surface area contributed by atoms with E-state index >= 15 is 0 Å². The number of rotatable bonds is 0. The van der Waals surface area contributed by atoms with E-state index in [0.717, 1.165) is 6.42 Å². The summed E-state index contributed by atoms with van der Waals surface area (Å²) in [6, 6.07) is 13.0. The molecule has 1 radical (unpaired) electrons. The van der Waals surface area contributed by atoms with Crippen molar-refractivity contribution in [2.45, 2.75) is 6.42 Å². The predicted octanol–water partition coefficient (Wildman–Crippen LogP) is 2.95. The Bertz CT molecular complexity index is 402. The lowest BCUT2D eigenvalue weighted by Gasteiger charge is -1.99. The van der Waals surface area contributed by atoms with Gasteiger partial charge in [0.25, 0.3) is 0 Å². The molecule has 3 rings (SSSR count). The summed E-state index contributed by atoms with van der Waals surface area (Å²) >= 11 is 0. The van der Waals surface area contributed by atoms with Gasteiger partial charge < -0.3 is 0 Å². The lowest BCUT2D eigenvalue weighted by Crippen LogP contribution is -1.76. The monoisotopic (exact) mass is 153 g/mol. The van der Waals surface area contributed by atoms with Crippen molar-refractivity contribution in [1.82, 2.24) is 0 Å². The van der Waals surface area contributed by atoms with E-state index in [-0.39, 0.29) is 0 Å². The topological polar surface area (TPSA) is 0 Å². The first-order chi connectivity index (χ1) is 5.95. The maximum absolute atomic E-state index is 2.30. The molecule has 12 heavy (non-hydrogen) atoms. The summed E-state index contributed by atoms with van der Waals surface area (Å²) < 4.78 is 0. The molecule has 0 saturated heterocycles. The van der Waals surface area contributed by atoms with Crippen molar-refractivity contribution in [2.75, 3.05) is 0 Å². The average molecular weight is 153 g/mol. The second-order valence-electron chi connectivity index (χ2n) is 3.27. The molecule has 0 saturated carbocycles. The molecule has 0 heterocycles. The average Bonchev–Trinajstić information content (AvgIpc) is 2.52. The van der Waals surface area contributed by atoms with E-state index in [0.29, 0.717) is 0 Å². The molecule has 1 aliphatic rings. The standard InChI is InChI=1S/C12H9/c1-3-9-4-2-6-11-8-7-10(5-1)12(9)11/h1-7H,8H2. The molecule has 0 amide bonds. The van der Waals surface area contributed by atoms with Crippen LogP contribution in [0.3, 0.4) is 0 Å². The van der Waals surface area contributed by atoms with Crippen molar-refractivity contribution in [3.63, 3.8) is 0 Å². The highest BCUT2D eigenvalue weighted by Crippen LogP contribution is 2.31. The van der Waals surface area contributed by atoms with E-state index in [4.69, 9.17) is 0 Å². The van der Waals surface area contributed by atoms with Crippen molar-refractivity contribution < 1.29 is 0 Å². The summed E-state index contributed by atoms with van der Waals surface area (Å²) in [6.45, 7) is 0. The Balaban J connectivity index is 2.58. The van der Waals surface area contributed by atoms with Gasteiger partial charge in [0, 0.05) is 0 Å². The van der Waals surface area contributed by atoms with E-state index in [1.807, 2.05) is 0 Å². The van der Waals surface area contributed by atoms with Gasteiger partial charge in [-0.05, 0) is 34.7 Å². The Labute approximate surface area is 71.8 Å². The fourth-order valence-electron chi connectivity index (χ4n) is 2.01. The van der Waals surface area contributed by atoms with Gasteiger partial charge in [0.1, 0.15) is 0 Å². The summed E-state index contributed by atoms with van der Waals surface area (Å²) in [5.74, 6) is 0.